The molecule has 2 aliphatic heterocycles. The van der Waals surface area contributed by atoms with Crippen LogP contribution in [0.2, 0.25) is 0 Å². The number of nitrogens with zero attached hydrogens (tertiary/aromatic N) is 2. The second-order valence-corrected chi connectivity index (χ2v) is 5.27. The highest BCUT2D eigenvalue weighted by atomic mass is 16.5. The molecule has 18 heavy (non-hydrogen) atoms. The first kappa shape index (κ1) is 11.7. The molecule has 0 N–H and O–H groups in total. The van der Waals surface area contributed by atoms with Crippen LogP contribution in [0, 0.1) is 5.92 Å². The fourth-order valence-electron chi connectivity index (χ4n) is 3.00. The summed E-state index contributed by atoms with van der Waals surface area (Å²) in [5.41, 5.74) is -0.0448. The summed E-state index contributed by atoms with van der Waals surface area (Å²) >= 11 is 0. The van der Waals surface area contributed by atoms with Crippen LogP contribution in [0.25, 0.3) is 0 Å². The largest absolute Gasteiger partial charge is 0.374 e. The molecule has 1 unspecified atom stereocenters. The van der Waals surface area contributed by atoms with Gasteiger partial charge in [-0.3, -0.25) is 0 Å². The second kappa shape index (κ2) is 4.69. The molecule has 4 nitrogen and oxygen atoms in total. The molecule has 2 aliphatic rings. The van der Waals surface area contributed by atoms with E-state index in [-0.39, 0.29) is 11.5 Å². The Morgan fingerprint density at radius 1 is 1.39 bits per heavy atom. The maximum atomic E-state index is 10.8. The number of anilines is 1. The predicted octanol–water partition coefficient (Wildman–Crippen LogP) is 1.66. The molecule has 0 bridgehead atoms. The fourth-order valence-corrected chi connectivity index (χ4v) is 3.00. The van der Waals surface area contributed by atoms with Gasteiger partial charge in [-0.2, -0.15) is 0 Å². The van der Waals surface area contributed by atoms with E-state index in [0.717, 1.165) is 44.5 Å². The van der Waals surface area contributed by atoms with Crippen molar-refractivity contribution in [3.63, 3.8) is 0 Å². The third kappa shape index (κ3) is 2.12. The Kier molecular flexibility index (Phi) is 3.04. The molecule has 1 aromatic rings. The molecule has 96 valence electrons. The summed E-state index contributed by atoms with van der Waals surface area (Å²) in [6.07, 6.45) is 5.75. The van der Waals surface area contributed by atoms with Gasteiger partial charge in [0, 0.05) is 25.2 Å². The number of ether oxygens (including phenoxy) is 1. The van der Waals surface area contributed by atoms with Crippen molar-refractivity contribution in [1.29, 1.82) is 0 Å². The van der Waals surface area contributed by atoms with Crippen molar-refractivity contribution in [2.24, 2.45) is 5.92 Å². The summed E-state index contributed by atoms with van der Waals surface area (Å²) in [6.45, 7) is 2.53. The molecule has 3 heterocycles. The van der Waals surface area contributed by atoms with Gasteiger partial charge in [-0.1, -0.05) is 6.07 Å². The van der Waals surface area contributed by atoms with Crippen LogP contribution in [-0.2, 0) is 9.53 Å². The number of hydrogen-bond donors (Lipinski definition) is 0. The van der Waals surface area contributed by atoms with Gasteiger partial charge in [0.1, 0.15) is 12.1 Å². The van der Waals surface area contributed by atoms with Crippen LogP contribution in [0.3, 0.4) is 0 Å². The molecule has 0 radical (unpaired) electrons. The first-order chi connectivity index (χ1) is 8.81. The first-order valence-electron chi connectivity index (χ1n) is 6.57. The summed E-state index contributed by atoms with van der Waals surface area (Å²) in [5.74, 6) is 1.14. The van der Waals surface area contributed by atoms with E-state index >= 15 is 0 Å². The van der Waals surface area contributed by atoms with Crippen molar-refractivity contribution in [3.8, 4) is 0 Å². The van der Waals surface area contributed by atoms with E-state index in [9.17, 15) is 4.79 Å². The predicted molar refractivity (Wildman–Crippen MR) is 68.5 cm³/mol. The Morgan fingerprint density at radius 2 is 2.22 bits per heavy atom. The quantitative estimate of drug-likeness (QED) is 0.744. The fraction of sp³-hybridized carbons (Fsp3) is 0.571. The zero-order chi connectivity index (χ0) is 12.4. The van der Waals surface area contributed by atoms with E-state index in [1.54, 1.807) is 0 Å². The van der Waals surface area contributed by atoms with Crippen LogP contribution < -0.4 is 4.90 Å². The van der Waals surface area contributed by atoms with Crippen molar-refractivity contribution >= 4 is 12.1 Å². The van der Waals surface area contributed by atoms with E-state index in [1.807, 2.05) is 24.4 Å². The van der Waals surface area contributed by atoms with Crippen LogP contribution in [0.15, 0.2) is 24.4 Å². The maximum Gasteiger partial charge on any atom is 0.128 e. The number of carbonyl (C=O) groups excluding carboxylic acids is 1. The van der Waals surface area contributed by atoms with Gasteiger partial charge < -0.3 is 14.4 Å². The highest BCUT2D eigenvalue weighted by molar-refractivity contribution is 5.54. The van der Waals surface area contributed by atoms with E-state index in [4.69, 9.17) is 4.74 Å². The summed E-state index contributed by atoms with van der Waals surface area (Å²) in [7, 11) is 0. The molecular formula is C14H18N2O2. The monoisotopic (exact) mass is 246 g/mol. The third-order valence-electron chi connectivity index (χ3n) is 4.08. The van der Waals surface area contributed by atoms with Crippen LogP contribution in [0.4, 0.5) is 5.82 Å². The average molecular weight is 246 g/mol. The molecule has 1 spiro atoms. The SMILES string of the molecule is O=CC1COC2(CCN(c3ccccn3)CC2)C1. The van der Waals surface area contributed by atoms with Crippen LogP contribution in [-0.4, -0.2) is 36.6 Å². The zero-order valence-corrected chi connectivity index (χ0v) is 10.4. The molecule has 1 aromatic heterocycles. The summed E-state index contributed by atoms with van der Waals surface area (Å²) in [6, 6.07) is 5.99. The third-order valence-corrected chi connectivity index (χ3v) is 4.08. The van der Waals surface area contributed by atoms with E-state index < -0.39 is 0 Å². The zero-order valence-electron chi connectivity index (χ0n) is 10.4. The van der Waals surface area contributed by atoms with Gasteiger partial charge in [0.05, 0.1) is 12.2 Å². The van der Waals surface area contributed by atoms with Crippen molar-refractivity contribution in [2.75, 3.05) is 24.6 Å². The minimum absolute atomic E-state index is 0.0448. The lowest BCUT2D eigenvalue weighted by Crippen LogP contribution is -2.44. The number of aromatic nitrogens is 1. The van der Waals surface area contributed by atoms with Crippen LogP contribution in [0.5, 0.6) is 0 Å². The Morgan fingerprint density at radius 3 is 2.83 bits per heavy atom. The Bertz CT molecular complexity index is 413. The number of aldehydes is 1. The van der Waals surface area contributed by atoms with E-state index in [0.29, 0.717) is 6.61 Å². The summed E-state index contributed by atoms with van der Waals surface area (Å²) < 4.78 is 5.89. The lowest BCUT2D eigenvalue weighted by Gasteiger charge is -2.39. The molecular weight excluding hydrogens is 228 g/mol. The minimum Gasteiger partial charge on any atom is -0.374 e. The smallest absolute Gasteiger partial charge is 0.128 e. The van der Waals surface area contributed by atoms with Gasteiger partial charge >= 0.3 is 0 Å². The van der Waals surface area contributed by atoms with Crippen molar-refractivity contribution < 1.29 is 9.53 Å². The lowest BCUT2D eigenvalue weighted by molar-refractivity contribution is -0.111. The highest BCUT2D eigenvalue weighted by Crippen LogP contribution is 2.38. The highest BCUT2D eigenvalue weighted by Gasteiger charge is 2.42. The van der Waals surface area contributed by atoms with Gasteiger partial charge in [0.25, 0.3) is 0 Å². The van der Waals surface area contributed by atoms with Gasteiger partial charge in [0.2, 0.25) is 0 Å². The summed E-state index contributed by atoms with van der Waals surface area (Å²) in [4.78, 5) is 17.5. The standard InChI is InChI=1S/C14H18N2O2/c17-10-12-9-14(18-11-12)4-7-16(8-5-14)13-3-1-2-6-15-13/h1-3,6,10,12H,4-5,7-9,11H2. The van der Waals surface area contributed by atoms with Gasteiger partial charge in [-0.05, 0) is 31.4 Å². The maximum absolute atomic E-state index is 10.8. The van der Waals surface area contributed by atoms with Crippen LogP contribution in [0.1, 0.15) is 19.3 Å². The summed E-state index contributed by atoms with van der Waals surface area (Å²) in [5, 5.41) is 0. The Labute approximate surface area is 107 Å². The van der Waals surface area contributed by atoms with Crippen molar-refractivity contribution in [1.82, 2.24) is 4.98 Å². The minimum atomic E-state index is -0.0448. The van der Waals surface area contributed by atoms with E-state index in [1.165, 1.54) is 0 Å². The average Bonchev–Trinajstić information content (AvgIpc) is 2.84. The number of piperidine rings is 1. The molecule has 0 amide bonds. The van der Waals surface area contributed by atoms with Gasteiger partial charge in [-0.25, -0.2) is 4.98 Å². The topological polar surface area (TPSA) is 42.4 Å². The number of hydrogen-bond acceptors (Lipinski definition) is 4. The molecule has 0 aromatic carbocycles. The normalized spacial score (nSPS) is 26.4. The van der Waals surface area contributed by atoms with E-state index in [2.05, 4.69) is 9.88 Å². The molecule has 0 aliphatic carbocycles. The Hall–Kier alpha value is -1.42. The molecule has 2 fully saturated rings. The first-order valence-corrected chi connectivity index (χ1v) is 6.57. The molecule has 3 rings (SSSR count). The molecule has 4 heteroatoms. The van der Waals surface area contributed by atoms with Gasteiger partial charge in [-0.15, -0.1) is 0 Å². The number of rotatable bonds is 2. The molecule has 0 saturated carbocycles. The molecule has 1 atom stereocenters. The van der Waals surface area contributed by atoms with Crippen molar-refractivity contribution in [2.45, 2.75) is 24.9 Å². The van der Waals surface area contributed by atoms with Crippen molar-refractivity contribution in [3.05, 3.63) is 24.4 Å². The lowest BCUT2D eigenvalue weighted by atomic mass is 9.86. The molecule has 2 saturated heterocycles. The second-order valence-electron chi connectivity index (χ2n) is 5.27. The Balaban J connectivity index is 1.63. The number of carbonyl (C=O) groups is 1. The van der Waals surface area contributed by atoms with Gasteiger partial charge in [0.15, 0.2) is 0 Å². The van der Waals surface area contributed by atoms with Crippen LogP contribution >= 0.6 is 0 Å². The number of pyridine rings is 1.